The van der Waals surface area contributed by atoms with Crippen LogP contribution in [0.3, 0.4) is 0 Å². The molecule has 0 unspecified atom stereocenters. The van der Waals surface area contributed by atoms with Gasteiger partial charge in [-0.1, -0.05) is 42.1 Å². The summed E-state index contributed by atoms with van der Waals surface area (Å²) in [6.07, 6.45) is 5.52. The number of hydrogen-bond acceptors (Lipinski definition) is 5. The van der Waals surface area contributed by atoms with E-state index in [4.69, 9.17) is 0 Å². The standard InChI is InChI=1S/C18H19N5OS/c1-23-16-14(9-22-23)17(21-12-20-16)25-10-15(24)19-11-18(7-8-18)13-5-3-2-4-6-13/h2-6,9,12H,7-8,10-11H2,1H3,(H,19,24). The van der Waals surface area contributed by atoms with Gasteiger partial charge in [0.05, 0.1) is 17.3 Å². The predicted molar refractivity (Wildman–Crippen MR) is 97.4 cm³/mol. The summed E-state index contributed by atoms with van der Waals surface area (Å²) in [5.74, 6) is 0.370. The smallest absolute Gasteiger partial charge is 0.230 e. The lowest BCUT2D eigenvalue weighted by atomic mass is 9.96. The first-order chi connectivity index (χ1) is 12.2. The lowest BCUT2D eigenvalue weighted by Gasteiger charge is -2.16. The predicted octanol–water partition coefficient (Wildman–Crippen LogP) is 2.30. The fraction of sp³-hybridized carbons (Fsp3) is 0.333. The molecule has 25 heavy (non-hydrogen) atoms. The molecule has 1 N–H and O–H groups in total. The third-order valence-electron chi connectivity index (χ3n) is 4.70. The third kappa shape index (κ3) is 3.24. The molecule has 4 rings (SSSR count). The van der Waals surface area contributed by atoms with E-state index in [-0.39, 0.29) is 11.3 Å². The van der Waals surface area contributed by atoms with Crippen LogP contribution in [0, 0.1) is 0 Å². The van der Waals surface area contributed by atoms with E-state index in [0.29, 0.717) is 12.3 Å². The van der Waals surface area contributed by atoms with Crippen LogP contribution >= 0.6 is 11.8 Å². The molecular formula is C18H19N5OS. The highest BCUT2D eigenvalue weighted by Gasteiger charge is 2.44. The van der Waals surface area contributed by atoms with E-state index >= 15 is 0 Å². The zero-order chi connectivity index (χ0) is 17.3. The molecule has 7 heteroatoms. The number of nitrogens with zero attached hydrogens (tertiary/aromatic N) is 4. The maximum atomic E-state index is 12.3. The molecule has 0 bridgehead atoms. The molecule has 0 saturated heterocycles. The van der Waals surface area contributed by atoms with E-state index in [9.17, 15) is 4.79 Å². The van der Waals surface area contributed by atoms with Gasteiger partial charge in [0.2, 0.25) is 5.91 Å². The van der Waals surface area contributed by atoms with E-state index in [0.717, 1.165) is 28.9 Å². The first-order valence-electron chi connectivity index (χ1n) is 8.26. The monoisotopic (exact) mass is 353 g/mol. The highest BCUT2D eigenvalue weighted by molar-refractivity contribution is 8.00. The minimum absolute atomic E-state index is 0.0304. The topological polar surface area (TPSA) is 72.7 Å². The van der Waals surface area contributed by atoms with Crippen molar-refractivity contribution in [2.24, 2.45) is 7.05 Å². The van der Waals surface area contributed by atoms with Crippen LogP contribution in [0.15, 0.2) is 47.9 Å². The summed E-state index contributed by atoms with van der Waals surface area (Å²) in [6, 6.07) is 10.4. The molecule has 128 valence electrons. The Hall–Kier alpha value is -2.41. The highest BCUT2D eigenvalue weighted by atomic mass is 32.2. The molecule has 0 radical (unpaired) electrons. The largest absolute Gasteiger partial charge is 0.354 e. The zero-order valence-corrected chi connectivity index (χ0v) is 14.8. The summed E-state index contributed by atoms with van der Waals surface area (Å²) < 4.78 is 1.71. The number of hydrogen-bond donors (Lipinski definition) is 1. The van der Waals surface area contributed by atoms with Gasteiger partial charge >= 0.3 is 0 Å². The van der Waals surface area contributed by atoms with Gasteiger partial charge in [0.25, 0.3) is 0 Å². The molecule has 0 atom stereocenters. The molecule has 1 amide bonds. The Kier molecular flexibility index (Phi) is 4.17. The van der Waals surface area contributed by atoms with Gasteiger partial charge in [-0.25, -0.2) is 9.97 Å². The van der Waals surface area contributed by atoms with Crippen molar-refractivity contribution in [3.05, 3.63) is 48.4 Å². The van der Waals surface area contributed by atoms with Crippen molar-refractivity contribution in [3.8, 4) is 0 Å². The quantitative estimate of drug-likeness (QED) is 0.544. The first kappa shape index (κ1) is 16.1. The van der Waals surface area contributed by atoms with Crippen molar-refractivity contribution >= 4 is 28.7 Å². The van der Waals surface area contributed by atoms with E-state index in [1.165, 1.54) is 23.7 Å². The maximum absolute atomic E-state index is 12.3. The normalized spacial score (nSPS) is 15.2. The van der Waals surface area contributed by atoms with Crippen LogP contribution in [-0.4, -0.2) is 38.0 Å². The van der Waals surface area contributed by atoms with Gasteiger partial charge in [-0.2, -0.15) is 5.10 Å². The van der Waals surface area contributed by atoms with Gasteiger partial charge in [0.15, 0.2) is 5.65 Å². The molecule has 1 aliphatic rings. The van der Waals surface area contributed by atoms with Gasteiger partial charge in [0, 0.05) is 19.0 Å². The maximum Gasteiger partial charge on any atom is 0.230 e. The fourth-order valence-corrected chi connectivity index (χ4v) is 3.81. The SMILES string of the molecule is Cn1ncc2c(SCC(=O)NCC3(c4ccccc4)CC3)ncnc21. The van der Waals surface area contributed by atoms with Crippen LogP contribution in [0.5, 0.6) is 0 Å². The summed E-state index contributed by atoms with van der Waals surface area (Å²) >= 11 is 1.42. The minimum atomic E-state index is 0.0304. The van der Waals surface area contributed by atoms with Crippen LogP contribution in [0.1, 0.15) is 18.4 Å². The lowest BCUT2D eigenvalue weighted by Crippen LogP contribution is -2.33. The van der Waals surface area contributed by atoms with Crippen molar-refractivity contribution in [1.29, 1.82) is 0 Å². The van der Waals surface area contributed by atoms with Crippen LogP contribution in [0.4, 0.5) is 0 Å². The van der Waals surface area contributed by atoms with Gasteiger partial charge in [-0.05, 0) is 18.4 Å². The molecule has 6 nitrogen and oxygen atoms in total. The Labute approximate surface area is 150 Å². The average molecular weight is 353 g/mol. The molecule has 1 aromatic carbocycles. The van der Waals surface area contributed by atoms with Crippen molar-refractivity contribution in [2.45, 2.75) is 23.3 Å². The van der Waals surface area contributed by atoms with Gasteiger partial charge in [-0.15, -0.1) is 0 Å². The molecule has 0 spiro atoms. The zero-order valence-electron chi connectivity index (χ0n) is 14.0. The Morgan fingerprint density at radius 2 is 2.08 bits per heavy atom. The van der Waals surface area contributed by atoms with Gasteiger partial charge in [0.1, 0.15) is 11.4 Å². The van der Waals surface area contributed by atoms with E-state index in [1.807, 2.05) is 13.1 Å². The number of thioether (sulfide) groups is 1. The second-order valence-electron chi connectivity index (χ2n) is 6.40. The Morgan fingerprint density at radius 1 is 1.28 bits per heavy atom. The highest BCUT2D eigenvalue weighted by Crippen LogP contribution is 2.47. The number of nitrogens with one attached hydrogen (secondary N) is 1. The summed E-state index contributed by atoms with van der Waals surface area (Å²) in [7, 11) is 1.84. The van der Waals surface area contributed by atoms with Crippen molar-refractivity contribution in [2.75, 3.05) is 12.3 Å². The number of aromatic nitrogens is 4. The molecular weight excluding hydrogens is 334 g/mol. The minimum Gasteiger partial charge on any atom is -0.354 e. The Morgan fingerprint density at radius 3 is 2.84 bits per heavy atom. The third-order valence-corrected chi connectivity index (χ3v) is 5.70. The lowest BCUT2D eigenvalue weighted by molar-refractivity contribution is -0.118. The molecule has 2 heterocycles. The number of carbonyl (C=O) groups excluding carboxylic acids is 1. The fourth-order valence-electron chi connectivity index (χ4n) is 3.02. The molecule has 0 aliphatic heterocycles. The van der Waals surface area contributed by atoms with E-state index < -0.39 is 0 Å². The first-order valence-corrected chi connectivity index (χ1v) is 9.24. The molecule has 1 aliphatic carbocycles. The van der Waals surface area contributed by atoms with Crippen LogP contribution < -0.4 is 5.32 Å². The van der Waals surface area contributed by atoms with Crippen LogP contribution in [0.25, 0.3) is 11.0 Å². The van der Waals surface area contributed by atoms with E-state index in [2.05, 4.69) is 44.6 Å². The van der Waals surface area contributed by atoms with Gasteiger partial charge < -0.3 is 5.32 Å². The summed E-state index contributed by atoms with van der Waals surface area (Å²) in [6.45, 7) is 0.697. The summed E-state index contributed by atoms with van der Waals surface area (Å²) in [4.78, 5) is 20.8. The van der Waals surface area contributed by atoms with Crippen molar-refractivity contribution in [3.63, 3.8) is 0 Å². The summed E-state index contributed by atoms with van der Waals surface area (Å²) in [5.41, 5.74) is 2.22. The number of amides is 1. The van der Waals surface area contributed by atoms with E-state index in [1.54, 1.807) is 10.9 Å². The number of carbonyl (C=O) groups is 1. The second kappa shape index (κ2) is 6.48. The molecule has 2 aromatic heterocycles. The van der Waals surface area contributed by atoms with Crippen molar-refractivity contribution in [1.82, 2.24) is 25.1 Å². The Balaban J connectivity index is 1.35. The number of rotatable bonds is 6. The molecule has 3 aromatic rings. The number of aryl methyl sites for hydroxylation is 1. The summed E-state index contributed by atoms with van der Waals surface area (Å²) in [5, 5.41) is 8.95. The molecule has 1 fully saturated rings. The number of fused-ring (bicyclic) bond motifs is 1. The van der Waals surface area contributed by atoms with Crippen molar-refractivity contribution < 1.29 is 4.79 Å². The average Bonchev–Trinajstić information content (AvgIpc) is 3.36. The second-order valence-corrected chi connectivity index (χ2v) is 7.36. The van der Waals surface area contributed by atoms with Crippen LogP contribution in [0.2, 0.25) is 0 Å². The molecule has 1 saturated carbocycles. The van der Waals surface area contributed by atoms with Crippen LogP contribution in [-0.2, 0) is 17.3 Å². The number of benzene rings is 1. The van der Waals surface area contributed by atoms with Gasteiger partial charge in [-0.3, -0.25) is 9.48 Å². The Bertz CT molecular complexity index is 904.